The van der Waals surface area contributed by atoms with Crippen LogP contribution in [0.2, 0.25) is 0 Å². The molecule has 2 nitrogen and oxygen atoms in total. The lowest BCUT2D eigenvalue weighted by Gasteiger charge is -1.99. The molecule has 1 rings (SSSR count). The minimum Gasteiger partial charge on any atom is -0.337 e. The molecule has 0 fully saturated rings. The molecule has 0 aliphatic carbocycles. The van der Waals surface area contributed by atoms with Gasteiger partial charge in [0.2, 0.25) is 0 Å². The Bertz CT molecular complexity index is 191. The third kappa shape index (κ3) is 1.53. The Morgan fingerprint density at radius 1 is 1.60 bits per heavy atom. The van der Waals surface area contributed by atoms with Crippen molar-refractivity contribution in [3.05, 3.63) is 24.4 Å². The van der Waals surface area contributed by atoms with E-state index < -0.39 is 0 Å². The molecular formula is C8H13N2-. The van der Waals surface area contributed by atoms with Crippen molar-refractivity contribution in [1.82, 2.24) is 9.78 Å². The fraction of sp³-hybridized carbons (Fsp3) is 0.500. The minimum atomic E-state index is 0.956. The molecule has 0 amide bonds. The zero-order chi connectivity index (χ0) is 7.40. The normalized spacial score (nSPS) is 9.80. The highest BCUT2D eigenvalue weighted by molar-refractivity contribution is 5.14. The molecule has 0 radical (unpaired) electrons. The summed E-state index contributed by atoms with van der Waals surface area (Å²) in [6.07, 6.45) is 7.20. The van der Waals surface area contributed by atoms with E-state index in [2.05, 4.69) is 31.6 Å². The van der Waals surface area contributed by atoms with Gasteiger partial charge in [0.1, 0.15) is 0 Å². The zero-order valence-corrected chi connectivity index (χ0v) is 6.54. The van der Waals surface area contributed by atoms with E-state index in [0.29, 0.717) is 0 Å². The van der Waals surface area contributed by atoms with Crippen LogP contribution in [0.25, 0.3) is 0 Å². The third-order valence-corrected chi connectivity index (χ3v) is 1.42. The first-order valence-electron chi connectivity index (χ1n) is 3.72. The van der Waals surface area contributed by atoms with Crippen LogP contribution < -0.4 is 0 Å². The van der Waals surface area contributed by atoms with Crippen LogP contribution in [0.3, 0.4) is 0 Å². The lowest BCUT2D eigenvalue weighted by molar-refractivity contribution is 0.659. The molecule has 0 aliphatic heterocycles. The molecule has 1 aromatic heterocycles. The number of hydrogen-bond donors (Lipinski definition) is 0. The highest BCUT2D eigenvalue weighted by atomic mass is 15.3. The molecule has 0 atom stereocenters. The van der Waals surface area contributed by atoms with Crippen molar-refractivity contribution in [2.75, 3.05) is 0 Å². The van der Waals surface area contributed by atoms with Crippen LogP contribution in [0.1, 0.15) is 25.8 Å². The predicted octanol–water partition coefficient (Wildman–Crippen LogP) is 1.87. The molecule has 2 heteroatoms. The first kappa shape index (κ1) is 7.19. The van der Waals surface area contributed by atoms with E-state index in [0.717, 1.165) is 13.0 Å². The second-order valence-corrected chi connectivity index (χ2v) is 2.24. The summed E-state index contributed by atoms with van der Waals surface area (Å²) >= 11 is 0. The summed E-state index contributed by atoms with van der Waals surface area (Å²) in [7, 11) is 0. The van der Waals surface area contributed by atoms with Crippen LogP contribution in [-0.4, -0.2) is 9.78 Å². The predicted molar refractivity (Wildman–Crippen MR) is 41.6 cm³/mol. The van der Waals surface area contributed by atoms with Crippen LogP contribution in [-0.2, 0) is 6.54 Å². The summed E-state index contributed by atoms with van der Waals surface area (Å²) in [4.78, 5) is 0. The Morgan fingerprint density at radius 3 is 2.90 bits per heavy atom. The first-order valence-corrected chi connectivity index (χ1v) is 3.72. The zero-order valence-electron chi connectivity index (χ0n) is 6.54. The van der Waals surface area contributed by atoms with E-state index in [1.807, 2.05) is 10.9 Å². The van der Waals surface area contributed by atoms with Gasteiger partial charge in [-0.25, -0.2) is 0 Å². The molecule has 56 valence electrons. The number of rotatable bonds is 3. The molecule has 1 aromatic rings. The molecule has 0 N–H and O–H groups in total. The second kappa shape index (κ2) is 3.30. The third-order valence-electron chi connectivity index (χ3n) is 1.42. The van der Waals surface area contributed by atoms with Crippen molar-refractivity contribution in [1.29, 1.82) is 0 Å². The van der Waals surface area contributed by atoms with E-state index in [4.69, 9.17) is 0 Å². The van der Waals surface area contributed by atoms with Crippen LogP contribution in [0, 0.1) is 6.42 Å². The summed E-state index contributed by atoms with van der Waals surface area (Å²) in [6.45, 7) is 5.17. The van der Waals surface area contributed by atoms with Crippen molar-refractivity contribution in [3.63, 3.8) is 0 Å². The van der Waals surface area contributed by atoms with Gasteiger partial charge in [-0.3, -0.25) is 5.10 Å². The molecular weight excluding hydrogens is 124 g/mol. The summed E-state index contributed by atoms with van der Waals surface area (Å²) in [5.41, 5.74) is 1.23. The monoisotopic (exact) mass is 137 g/mol. The maximum Gasteiger partial charge on any atom is 0.0238 e. The summed E-state index contributed by atoms with van der Waals surface area (Å²) < 4.78 is 1.93. The molecule has 0 saturated heterocycles. The fourth-order valence-corrected chi connectivity index (χ4v) is 0.894. The quantitative estimate of drug-likeness (QED) is 0.581. The molecule has 0 bridgehead atoms. The maximum atomic E-state index is 4.14. The molecule has 0 spiro atoms. The Balaban J connectivity index is 2.59. The first-order chi connectivity index (χ1) is 4.86. The summed E-state index contributed by atoms with van der Waals surface area (Å²) in [6, 6.07) is 0. The smallest absolute Gasteiger partial charge is 0.0238 e. The summed E-state index contributed by atoms with van der Waals surface area (Å²) in [5, 5.41) is 4.14. The van der Waals surface area contributed by atoms with Crippen LogP contribution >= 0.6 is 0 Å². The van der Waals surface area contributed by atoms with Crippen molar-refractivity contribution in [2.24, 2.45) is 0 Å². The molecule has 0 saturated carbocycles. The van der Waals surface area contributed by atoms with E-state index in [1.54, 1.807) is 0 Å². The van der Waals surface area contributed by atoms with Gasteiger partial charge in [-0.2, -0.15) is 12.0 Å². The highest BCUT2D eigenvalue weighted by Crippen LogP contribution is 2.02. The molecule has 1 heterocycles. The largest absolute Gasteiger partial charge is 0.337 e. The SMILES string of the molecule is CC[CH-]c1cnn(CC)c1. The second-order valence-electron chi connectivity index (χ2n) is 2.24. The Labute approximate surface area is 61.9 Å². The van der Waals surface area contributed by atoms with Crippen LogP contribution in [0.4, 0.5) is 0 Å². The van der Waals surface area contributed by atoms with Gasteiger partial charge in [0.15, 0.2) is 0 Å². The number of nitrogens with zero attached hydrogens (tertiary/aromatic N) is 2. The molecule has 0 aromatic carbocycles. The van der Waals surface area contributed by atoms with Crippen molar-refractivity contribution in [2.45, 2.75) is 26.8 Å². The van der Waals surface area contributed by atoms with Gasteiger partial charge in [0.05, 0.1) is 0 Å². The van der Waals surface area contributed by atoms with Gasteiger partial charge in [0.25, 0.3) is 0 Å². The van der Waals surface area contributed by atoms with Gasteiger partial charge < -0.3 is 4.68 Å². The average Bonchev–Trinajstić information content (AvgIpc) is 2.37. The lowest BCUT2D eigenvalue weighted by Crippen LogP contribution is -1.92. The maximum absolute atomic E-state index is 4.14. The highest BCUT2D eigenvalue weighted by Gasteiger charge is 1.83. The van der Waals surface area contributed by atoms with Gasteiger partial charge in [0, 0.05) is 6.54 Å². The lowest BCUT2D eigenvalue weighted by atomic mass is 10.2. The van der Waals surface area contributed by atoms with Crippen LogP contribution in [0.15, 0.2) is 12.4 Å². The standard InChI is InChI=1S/C8H13N2/c1-3-5-8-6-9-10(4-2)7-8/h5-7H,3-4H2,1-2H3/q-1. The summed E-state index contributed by atoms with van der Waals surface area (Å²) in [5.74, 6) is 0. The van der Waals surface area contributed by atoms with Crippen molar-refractivity contribution in [3.8, 4) is 0 Å². The van der Waals surface area contributed by atoms with Crippen LogP contribution in [0.5, 0.6) is 0 Å². The number of aryl methyl sites for hydroxylation is 1. The molecule has 0 aliphatic rings. The number of aromatic nitrogens is 2. The number of hydrogen-bond acceptors (Lipinski definition) is 1. The van der Waals surface area contributed by atoms with E-state index >= 15 is 0 Å². The van der Waals surface area contributed by atoms with Crippen molar-refractivity contribution < 1.29 is 0 Å². The average molecular weight is 137 g/mol. The fourth-order valence-electron chi connectivity index (χ4n) is 0.894. The molecule has 0 unspecified atom stereocenters. The van der Waals surface area contributed by atoms with Gasteiger partial charge in [-0.1, -0.05) is 25.7 Å². The van der Waals surface area contributed by atoms with E-state index in [-0.39, 0.29) is 0 Å². The minimum absolute atomic E-state index is 0.956. The van der Waals surface area contributed by atoms with Gasteiger partial charge in [-0.15, -0.1) is 0 Å². The van der Waals surface area contributed by atoms with E-state index in [9.17, 15) is 0 Å². The van der Waals surface area contributed by atoms with Crippen molar-refractivity contribution >= 4 is 0 Å². The van der Waals surface area contributed by atoms with Gasteiger partial charge in [-0.05, 0) is 6.92 Å². The Hall–Kier alpha value is -0.920. The Kier molecular flexibility index (Phi) is 2.37. The van der Waals surface area contributed by atoms with E-state index in [1.165, 1.54) is 5.56 Å². The molecule has 10 heavy (non-hydrogen) atoms. The Morgan fingerprint density at radius 2 is 2.40 bits per heavy atom. The van der Waals surface area contributed by atoms with Gasteiger partial charge >= 0.3 is 0 Å². The topological polar surface area (TPSA) is 17.8 Å².